The first-order valence-corrected chi connectivity index (χ1v) is 8.33. The predicted molar refractivity (Wildman–Crippen MR) is 92.8 cm³/mol. The fourth-order valence-corrected chi connectivity index (χ4v) is 3.77. The molecule has 108 valence electrons. The highest BCUT2D eigenvalue weighted by atomic mass is 79.9. The molecule has 0 spiro atoms. The normalized spacial score (nSPS) is 16.8. The number of carbonyl (C=O) groups is 1. The van der Waals surface area contributed by atoms with Crippen molar-refractivity contribution in [2.75, 3.05) is 17.2 Å². The van der Waals surface area contributed by atoms with Crippen LogP contribution < -0.4 is 10.6 Å². The molecule has 2 N–H and O–H groups in total. The van der Waals surface area contributed by atoms with Gasteiger partial charge in [-0.1, -0.05) is 24.3 Å². The molecule has 2 aromatic rings. The number of fused-ring (bicyclic) bond motifs is 1. The van der Waals surface area contributed by atoms with Gasteiger partial charge in [0, 0.05) is 21.2 Å². The Bertz CT molecular complexity index is 667. The van der Waals surface area contributed by atoms with Gasteiger partial charge in [0.25, 0.3) is 0 Å². The van der Waals surface area contributed by atoms with Crippen LogP contribution in [0.15, 0.2) is 51.4 Å². The molecule has 5 heteroatoms. The van der Waals surface area contributed by atoms with Crippen molar-refractivity contribution < 1.29 is 4.79 Å². The highest BCUT2D eigenvalue weighted by molar-refractivity contribution is 9.11. The Balaban J connectivity index is 1.87. The third-order valence-electron chi connectivity index (χ3n) is 3.61. The number of halogens is 2. The molecule has 0 aromatic heterocycles. The maximum atomic E-state index is 12.7. The highest BCUT2D eigenvalue weighted by Crippen LogP contribution is 2.35. The largest absolute Gasteiger partial charge is 0.385 e. The highest BCUT2D eigenvalue weighted by Gasteiger charge is 2.26. The summed E-state index contributed by atoms with van der Waals surface area (Å²) < 4.78 is 1.74. The van der Waals surface area contributed by atoms with E-state index in [0.29, 0.717) is 0 Å². The molecule has 1 heterocycles. The van der Waals surface area contributed by atoms with Crippen molar-refractivity contribution in [3.8, 4) is 0 Å². The first-order valence-electron chi connectivity index (χ1n) is 6.74. The summed E-state index contributed by atoms with van der Waals surface area (Å²) in [6.45, 7) is 0.812. The van der Waals surface area contributed by atoms with Crippen LogP contribution in [0, 0.1) is 0 Å². The van der Waals surface area contributed by atoms with Crippen molar-refractivity contribution >= 4 is 49.1 Å². The first-order chi connectivity index (χ1) is 10.2. The number of anilines is 2. The summed E-state index contributed by atoms with van der Waals surface area (Å²) in [4.78, 5) is 12.7. The summed E-state index contributed by atoms with van der Waals surface area (Å²) in [6, 6.07) is 13.7. The number of hydrogen-bond donors (Lipinski definition) is 2. The zero-order valence-corrected chi connectivity index (χ0v) is 14.4. The Morgan fingerprint density at radius 1 is 1.10 bits per heavy atom. The maximum absolute atomic E-state index is 12.7. The van der Waals surface area contributed by atoms with Gasteiger partial charge in [-0.3, -0.25) is 4.79 Å². The molecule has 3 nitrogen and oxygen atoms in total. The Morgan fingerprint density at radius 2 is 1.81 bits per heavy atom. The molecule has 0 bridgehead atoms. The van der Waals surface area contributed by atoms with E-state index in [9.17, 15) is 4.79 Å². The van der Waals surface area contributed by atoms with Gasteiger partial charge in [0.15, 0.2) is 0 Å². The number of rotatable bonds is 2. The fraction of sp³-hybridized carbons (Fsp3) is 0.188. The van der Waals surface area contributed by atoms with Crippen molar-refractivity contribution in [2.45, 2.75) is 12.3 Å². The van der Waals surface area contributed by atoms with Crippen LogP contribution in [0.25, 0.3) is 0 Å². The van der Waals surface area contributed by atoms with E-state index in [2.05, 4.69) is 42.5 Å². The number of nitrogens with one attached hydrogen (secondary N) is 2. The molecular formula is C16H14Br2N2O. The lowest BCUT2D eigenvalue weighted by molar-refractivity contribution is -0.117. The van der Waals surface area contributed by atoms with E-state index in [1.807, 2.05) is 42.5 Å². The topological polar surface area (TPSA) is 41.1 Å². The van der Waals surface area contributed by atoms with E-state index in [0.717, 1.165) is 38.8 Å². The second-order valence-electron chi connectivity index (χ2n) is 4.94. The van der Waals surface area contributed by atoms with Gasteiger partial charge in [0.05, 0.1) is 11.6 Å². The van der Waals surface area contributed by atoms with Gasteiger partial charge in [-0.15, -0.1) is 0 Å². The summed E-state index contributed by atoms with van der Waals surface area (Å²) in [5.74, 6) is -0.0991. The Morgan fingerprint density at radius 3 is 2.57 bits per heavy atom. The molecule has 1 amide bonds. The Hall–Kier alpha value is -1.33. The summed E-state index contributed by atoms with van der Waals surface area (Å²) in [6.07, 6.45) is 0.797. The third-order valence-corrected chi connectivity index (χ3v) is 4.93. The average Bonchev–Trinajstić information content (AvgIpc) is 2.50. The van der Waals surface area contributed by atoms with Crippen molar-refractivity contribution in [1.82, 2.24) is 0 Å². The quantitative estimate of drug-likeness (QED) is 0.751. The lowest BCUT2D eigenvalue weighted by Crippen LogP contribution is -2.27. The van der Waals surface area contributed by atoms with Crippen molar-refractivity contribution in [3.63, 3.8) is 0 Å². The number of amides is 1. The van der Waals surface area contributed by atoms with Crippen LogP contribution in [0.1, 0.15) is 17.9 Å². The number of para-hydroxylation sites is 2. The molecule has 1 unspecified atom stereocenters. The van der Waals surface area contributed by atoms with Crippen molar-refractivity contribution in [3.05, 3.63) is 57.0 Å². The van der Waals surface area contributed by atoms with E-state index < -0.39 is 0 Å². The smallest absolute Gasteiger partial charge is 0.232 e. The molecule has 1 atom stereocenters. The van der Waals surface area contributed by atoms with Crippen LogP contribution >= 0.6 is 31.9 Å². The zero-order valence-electron chi connectivity index (χ0n) is 11.2. The van der Waals surface area contributed by atoms with Gasteiger partial charge in [-0.25, -0.2) is 0 Å². The van der Waals surface area contributed by atoms with Gasteiger partial charge < -0.3 is 10.6 Å². The molecule has 0 saturated carbocycles. The standard InChI is InChI=1S/C16H14Br2N2O/c17-12-5-3-6-13(18)15(12)20-16(21)11-8-9-19-14-7-2-1-4-10(11)14/h1-7,11,19H,8-9H2,(H,20,21). The molecule has 0 radical (unpaired) electrons. The zero-order chi connectivity index (χ0) is 14.8. The molecular weight excluding hydrogens is 396 g/mol. The van der Waals surface area contributed by atoms with E-state index >= 15 is 0 Å². The summed E-state index contributed by atoms with van der Waals surface area (Å²) >= 11 is 6.95. The van der Waals surface area contributed by atoms with Gasteiger partial charge >= 0.3 is 0 Å². The van der Waals surface area contributed by atoms with Crippen molar-refractivity contribution in [2.24, 2.45) is 0 Å². The summed E-state index contributed by atoms with van der Waals surface area (Å²) in [5, 5.41) is 6.36. The minimum absolute atomic E-state index is 0.0246. The monoisotopic (exact) mass is 408 g/mol. The Labute approximate surface area is 140 Å². The van der Waals surface area contributed by atoms with Gasteiger partial charge in [0.2, 0.25) is 5.91 Å². The molecule has 21 heavy (non-hydrogen) atoms. The van der Waals surface area contributed by atoms with Crippen LogP contribution in [0.3, 0.4) is 0 Å². The molecule has 0 aliphatic carbocycles. The second-order valence-corrected chi connectivity index (χ2v) is 6.65. The molecule has 3 rings (SSSR count). The van der Waals surface area contributed by atoms with Gasteiger partial charge in [0.1, 0.15) is 0 Å². The number of carbonyl (C=O) groups excluding carboxylic acids is 1. The number of benzene rings is 2. The van der Waals surface area contributed by atoms with Crippen molar-refractivity contribution in [1.29, 1.82) is 0 Å². The number of hydrogen-bond acceptors (Lipinski definition) is 2. The van der Waals surface area contributed by atoms with Crippen LogP contribution in [0.5, 0.6) is 0 Å². The third kappa shape index (κ3) is 2.99. The second kappa shape index (κ2) is 6.20. The van der Waals surface area contributed by atoms with E-state index in [4.69, 9.17) is 0 Å². The summed E-state index contributed by atoms with van der Waals surface area (Å²) in [5.41, 5.74) is 2.89. The van der Waals surface area contributed by atoms with Crippen LogP contribution in [0.4, 0.5) is 11.4 Å². The van der Waals surface area contributed by atoms with Crippen LogP contribution in [-0.2, 0) is 4.79 Å². The fourth-order valence-electron chi connectivity index (χ4n) is 2.57. The van der Waals surface area contributed by atoms with E-state index in [-0.39, 0.29) is 11.8 Å². The van der Waals surface area contributed by atoms with Gasteiger partial charge in [-0.05, 0) is 62.0 Å². The SMILES string of the molecule is O=C(Nc1c(Br)cccc1Br)C1CCNc2ccccc21. The summed E-state index contributed by atoms with van der Waals surface area (Å²) in [7, 11) is 0. The average molecular weight is 410 g/mol. The molecule has 0 saturated heterocycles. The lowest BCUT2D eigenvalue weighted by Gasteiger charge is -2.26. The van der Waals surface area contributed by atoms with Crippen LogP contribution in [-0.4, -0.2) is 12.5 Å². The maximum Gasteiger partial charge on any atom is 0.232 e. The van der Waals surface area contributed by atoms with Crippen LogP contribution in [0.2, 0.25) is 0 Å². The molecule has 1 aliphatic rings. The lowest BCUT2D eigenvalue weighted by atomic mass is 9.90. The predicted octanol–water partition coefficient (Wildman–Crippen LogP) is 4.75. The van der Waals surface area contributed by atoms with E-state index in [1.54, 1.807) is 0 Å². The minimum Gasteiger partial charge on any atom is -0.385 e. The van der Waals surface area contributed by atoms with Gasteiger partial charge in [-0.2, -0.15) is 0 Å². The minimum atomic E-state index is -0.124. The first kappa shape index (κ1) is 14.6. The van der Waals surface area contributed by atoms with E-state index in [1.165, 1.54) is 0 Å². The molecule has 2 aromatic carbocycles. The Kier molecular flexibility index (Phi) is 4.31. The molecule has 0 fully saturated rings. The molecule has 1 aliphatic heterocycles.